The van der Waals surface area contributed by atoms with E-state index in [1.165, 1.54) is 31.0 Å². The SMILES string of the molecule is COc1cc(/C=C2/SC(=S)N(C3CCCCC3)C2=O)ccc1OCc1ccc(Br)cc1. The van der Waals surface area contributed by atoms with E-state index >= 15 is 0 Å². The van der Waals surface area contributed by atoms with Crippen molar-refractivity contribution in [1.82, 2.24) is 4.90 Å². The van der Waals surface area contributed by atoms with Crippen LogP contribution >= 0.6 is 39.9 Å². The van der Waals surface area contributed by atoms with Crippen molar-refractivity contribution >= 4 is 56.2 Å². The van der Waals surface area contributed by atoms with Gasteiger partial charge in [-0.3, -0.25) is 9.69 Å². The molecule has 2 fully saturated rings. The predicted molar refractivity (Wildman–Crippen MR) is 133 cm³/mol. The highest BCUT2D eigenvalue weighted by Gasteiger charge is 2.37. The largest absolute Gasteiger partial charge is 0.493 e. The third-order valence-electron chi connectivity index (χ3n) is 5.56. The number of hydrogen-bond acceptors (Lipinski definition) is 5. The van der Waals surface area contributed by atoms with Crippen molar-refractivity contribution in [3.8, 4) is 11.5 Å². The normalized spacial score (nSPS) is 18.6. The highest BCUT2D eigenvalue weighted by atomic mass is 79.9. The number of thioether (sulfide) groups is 1. The third kappa shape index (κ3) is 5.33. The first-order chi connectivity index (χ1) is 15.0. The van der Waals surface area contributed by atoms with Crippen LogP contribution in [0.5, 0.6) is 11.5 Å². The van der Waals surface area contributed by atoms with Gasteiger partial charge in [-0.25, -0.2) is 0 Å². The highest BCUT2D eigenvalue weighted by Crippen LogP contribution is 2.38. The maximum atomic E-state index is 13.0. The molecule has 7 heteroatoms. The van der Waals surface area contributed by atoms with Crippen molar-refractivity contribution in [2.45, 2.75) is 44.8 Å². The molecular weight excluding hydrogens is 494 g/mol. The molecule has 0 spiro atoms. The van der Waals surface area contributed by atoms with Gasteiger partial charge in [-0.2, -0.15) is 0 Å². The van der Waals surface area contributed by atoms with Gasteiger partial charge in [0.05, 0.1) is 12.0 Å². The van der Waals surface area contributed by atoms with Crippen LogP contribution in [0.25, 0.3) is 6.08 Å². The number of nitrogens with zero attached hydrogens (tertiary/aromatic N) is 1. The maximum absolute atomic E-state index is 13.0. The zero-order valence-corrected chi connectivity index (χ0v) is 20.5. The Hall–Kier alpha value is -1.83. The second-order valence-electron chi connectivity index (χ2n) is 7.67. The summed E-state index contributed by atoms with van der Waals surface area (Å²) < 4.78 is 13.2. The highest BCUT2D eigenvalue weighted by molar-refractivity contribution is 9.10. The number of rotatable bonds is 6. The Labute approximate surface area is 201 Å². The molecule has 0 unspecified atom stereocenters. The molecule has 0 N–H and O–H groups in total. The molecule has 0 atom stereocenters. The summed E-state index contributed by atoms with van der Waals surface area (Å²) >= 11 is 10.4. The van der Waals surface area contributed by atoms with Gasteiger partial charge in [0, 0.05) is 10.5 Å². The van der Waals surface area contributed by atoms with Crippen LogP contribution in [-0.2, 0) is 11.4 Å². The molecule has 2 aromatic carbocycles. The van der Waals surface area contributed by atoms with Crippen molar-refractivity contribution in [3.05, 3.63) is 63.0 Å². The average molecular weight is 518 g/mol. The zero-order valence-electron chi connectivity index (χ0n) is 17.3. The van der Waals surface area contributed by atoms with Gasteiger partial charge in [0.1, 0.15) is 10.9 Å². The molecule has 0 bridgehead atoms. The molecule has 0 aromatic heterocycles. The number of carbonyl (C=O) groups excluding carboxylic acids is 1. The lowest BCUT2D eigenvalue weighted by Gasteiger charge is -2.29. The second kappa shape index (κ2) is 10.2. The van der Waals surface area contributed by atoms with Crippen LogP contribution in [-0.4, -0.2) is 28.3 Å². The van der Waals surface area contributed by atoms with Gasteiger partial charge in [-0.1, -0.05) is 77.4 Å². The van der Waals surface area contributed by atoms with Gasteiger partial charge in [0.15, 0.2) is 11.5 Å². The number of methoxy groups -OCH3 is 1. The minimum Gasteiger partial charge on any atom is -0.493 e. The van der Waals surface area contributed by atoms with Crippen molar-refractivity contribution in [2.75, 3.05) is 7.11 Å². The van der Waals surface area contributed by atoms with E-state index < -0.39 is 0 Å². The smallest absolute Gasteiger partial charge is 0.266 e. The third-order valence-corrected chi connectivity index (χ3v) is 7.42. The summed E-state index contributed by atoms with van der Waals surface area (Å²) in [6.07, 6.45) is 7.55. The molecule has 4 nitrogen and oxygen atoms in total. The number of halogens is 1. The number of hydrogen-bond donors (Lipinski definition) is 0. The Morgan fingerprint density at radius 1 is 1.13 bits per heavy atom. The standard InChI is InChI=1S/C24H24BrNO3S2/c1-28-21-13-17(9-12-20(21)29-15-16-7-10-18(25)11-8-16)14-22-23(27)26(24(30)31-22)19-5-3-2-4-6-19/h7-14,19H,2-6,15H2,1H3/b22-14+. The van der Waals surface area contributed by atoms with Gasteiger partial charge in [0.25, 0.3) is 5.91 Å². The van der Waals surface area contributed by atoms with Crippen LogP contribution in [0.4, 0.5) is 0 Å². The summed E-state index contributed by atoms with van der Waals surface area (Å²) in [5, 5.41) is 0. The van der Waals surface area contributed by atoms with E-state index in [1.807, 2.05) is 53.4 Å². The Bertz CT molecular complexity index is 1000. The van der Waals surface area contributed by atoms with Crippen molar-refractivity contribution in [1.29, 1.82) is 0 Å². The lowest BCUT2D eigenvalue weighted by atomic mass is 9.94. The van der Waals surface area contributed by atoms with Crippen LogP contribution in [0.3, 0.4) is 0 Å². The average Bonchev–Trinajstić information content (AvgIpc) is 3.07. The predicted octanol–water partition coefficient (Wildman–Crippen LogP) is 6.57. The van der Waals surface area contributed by atoms with E-state index in [1.54, 1.807) is 7.11 Å². The van der Waals surface area contributed by atoms with Gasteiger partial charge in [0.2, 0.25) is 0 Å². The number of amides is 1. The van der Waals surface area contributed by atoms with E-state index in [4.69, 9.17) is 21.7 Å². The number of thiocarbonyl (C=S) groups is 1. The first-order valence-electron chi connectivity index (χ1n) is 10.4. The molecule has 1 aliphatic heterocycles. The van der Waals surface area contributed by atoms with Gasteiger partial charge in [-0.15, -0.1) is 0 Å². The summed E-state index contributed by atoms with van der Waals surface area (Å²) in [7, 11) is 1.62. The Morgan fingerprint density at radius 2 is 1.87 bits per heavy atom. The molecule has 1 saturated heterocycles. The minimum absolute atomic E-state index is 0.0245. The first-order valence-corrected chi connectivity index (χ1v) is 12.4. The summed E-state index contributed by atoms with van der Waals surface area (Å²) in [5.74, 6) is 1.32. The van der Waals surface area contributed by atoms with Crippen molar-refractivity contribution in [3.63, 3.8) is 0 Å². The topological polar surface area (TPSA) is 38.8 Å². The van der Waals surface area contributed by atoms with E-state index in [0.29, 0.717) is 27.3 Å². The lowest BCUT2D eigenvalue weighted by Crippen LogP contribution is -2.39. The molecule has 1 amide bonds. The van der Waals surface area contributed by atoms with E-state index in [2.05, 4.69) is 15.9 Å². The summed E-state index contributed by atoms with van der Waals surface area (Å²) in [6.45, 7) is 0.447. The summed E-state index contributed by atoms with van der Waals surface area (Å²) in [5.41, 5.74) is 1.96. The monoisotopic (exact) mass is 517 g/mol. The van der Waals surface area contributed by atoms with Crippen LogP contribution < -0.4 is 9.47 Å². The molecular formula is C24H24BrNO3S2. The molecule has 0 radical (unpaired) electrons. The second-order valence-corrected chi connectivity index (χ2v) is 10.3. The molecule has 1 saturated carbocycles. The molecule has 1 heterocycles. The molecule has 31 heavy (non-hydrogen) atoms. The van der Waals surface area contributed by atoms with Crippen molar-refractivity contribution < 1.29 is 14.3 Å². The van der Waals surface area contributed by atoms with Crippen molar-refractivity contribution in [2.24, 2.45) is 0 Å². The molecule has 162 valence electrons. The van der Waals surface area contributed by atoms with Crippen LogP contribution in [0.1, 0.15) is 43.2 Å². The van der Waals surface area contributed by atoms with E-state index in [0.717, 1.165) is 28.4 Å². The Morgan fingerprint density at radius 3 is 2.58 bits per heavy atom. The fourth-order valence-electron chi connectivity index (χ4n) is 3.92. The Balaban J connectivity index is 1.48. The number of ether oxygens (including phenoxy) is 2. The molecule has 4 rings (SSSR count). The molecule has 2 aliphatic rings. The number of benzene rings is 2. The summed E-state index contributed by atoms with van der Waals surface area (Å²) in [4.78, 5) is 15.5. The Kier molecular flexibility index (Phi) is 7.35. The van der Waals surface area contributed by atoms with E-state index in [9.17, 15) is 4.79 Å². The van der Waals surface area contributed by atoms with Gasteiger partial charge < -0.3 is 9.47 Å². The first kappa shape index (κ1) is 22.4. The van der Waals surface area contributed by atoms with Gasteiger partial charge in [-0.05, 0) is 54.3 Å². The maximum Gasteiger partial charge on any atom is 0.266 e. The van der Waals surface area contributed by atoms with Crippen LogP contribution in [0, 0.1) is 0 Å². The fourth-order valence-corrected chi connectivity index (χ4v) is 5.58. The quantitative estimate of drug-likeness (QED) is 0.320. The molecule has 1 aliphatic carbocycles. The van der Waals surface area contributed by atoms with Crippen LogP contribution in [0.2, 0.25) is 0 Å². The van der Waals surface area contributed by atoms with Gasteiger partial charge >= 0.3 is 0 Å². The number of carbonyl (C=O) groups is 1. The van der Waals surface area contributed by atoms with E-state index in [-0.39, 0.29) is 11.9 Å². The molecule has 2 aromatic rings. The lowest BCUT2D eigenvalue weighted by molar-refractivity contribution is -0.124. The minimum atomic E-state index is 0.0245. The fraction of sp³-hybridized carbons (Fsp3) is 0.333. The summed E-state index contributed by atoms with van der Waals surface area (Å²) in [6, 6.07) is 14.0. The zero-order chi connectivity index (χ0) is 21.8. The van der Waals surface area contributed by atoms with Crippen LogP contribution in [0.15, 0.2) is 51.8 Å².